The molecule has 1 saturated heterocycles. The number of nitrogens with zero attached hydrogens (tertiary/aromatic N) is 1. The molecule has 1 aliphatic carbocycles. The van der Waals surface area contributed by atoms with Crippen molar-refractivity contribution in [3.05, 3.63) is 0 Å². The molecule has 0 amide bonds. The summed E-state index contributed by atoms with van der Waals surface area (Å²) in [6.45, 7) is 2.42. The number of ether oxygens (including phenoxy) is 1. The Morgan fingerprint density at radius 3 is 2.72 bits per heavy atom. The monoisotopic (exact) mass is 266 g/mol. The Bertz CT molecular complexity index is 273. The van der Waals surface area contributed by atoms with Gasteiger partial charge in [0, 0.05) is 25.7 Å². The van der Waals surface area contributed by atoms with Crippen LogP contribution in [0.1, 0.15) is 25.7 Å². The summed E-state index contributed by atoms with van der Waals surface area (Å²) in [4.78, 5) is 2.14. The van der Waals surface area contributed by atoms with Crippen molar-refractivity contribution in [3.8, 4) is 0 Å². The second-order valence-corrected chi connectivity index (χ2v) is 5.28. The van der Waals surface area contributed by atoms with Crippen LogP contribution in [0.15, 0.2) is 0 Å². The van der Waals surface area contributed by atoms with E-state index >= 15 is 0 Å². The Kier molecular flexibility index (Phi) is 4.50. The molecule has 1 aliphatic heterocycles. The lowest BCUT2D eigenvalue weighted by molar-refractivity contribution is -0.188. The van der Waals surface area contributed by atoms with Crippen LogP contribution in [-0.4, -0.2) is 49.5 Å². The van der Waals surface area contributed by atoms with Gasteiger partial charge in [0.15, 0.2) is 0 Å². The zero-order chi connectivity index (χ0) is 13.2. The number of halogens is 3. The van der Waals surface area contributed by atoms with Gasteiger partial charge in [-0.1, -0.05) is 6.42 Å². The zero-order valence-corrected chi connectivity index (χ0v) is 10.5. The largest absolute Gasteiger partial charge is 0.391 e. The third-order valence-electron chi connectivity index (χ3n) is 4.06. The molecule has 18 heavy (non-hydrogen) atoms. The van der Waals surface area contributed by atoms with E-state index < -0.39 is 12.1 Å². The fourth-order valence-corrected chi connectivity index (χ4v) is 3.01. The standard InChI is InChI=1S/C12H21F3N2O/c13-12(14,15)9-2-1-3-10(6-9)17-4-5-18-11(7-16)8-17/h9-11H,1-8,16H2. The maximum absolute atomic E-state index is 12.8. The second-order valence-electron chi connectivity index (χ2n) is 5.28. The summed E-state index contributed by atoms with van der Waals surface area (Å²) in [6.07, 6.45) is -2.02. The summed E-state index contributed by atoms with van der Waals surface area (Å²) in [5.74, 6) is -1.13. The summed E-state index contributed by atoms with van der Waals surface area (Å²) < 4.78 is 43.7. The van der Waals surface area contributed by atoms with Crippen molar-refractivity contribution in [1.82, 2.24) is 4.90 Å². The summed E-state index contributed by atoms with van der Waals surface area (Å²) in [5, 5.41) is 0. The Balaban J connectivity index is 1.92. The van der Waals surface area contributed by atoms with Crippen LogP contribution in [0, 0.1) is 5.92 Å². The Morgan fingerprint density at radius 1 is 1.28 bits per heavy atom. The number of morpholine rings is 1. The smallest absolute Gasteiger partial charge is 0.374 e. The number of rotatable bonds is 2. The molecule has 0 aromatic rings. The van der Waals surface area contributed by atoms with E-state index in [2.05, 4.69) is 4.90 Å². The molecule has 1 heterocycles. The normalized spacial score (nSPS) is 35.7. The van der Waals surface area contributed by atoms with Crippen molar-refractivity contribution >= 4 is 0 Å². The molecule has 3 unspecified atom stereocenters. The molecule has 3 nitrogen and oxygen atoms in total. The van der Waals surface area contributed by atoms with Crippen molar-refractivity contribution < 1.29 is 17.9 Å². The highest BCUT2D eigenvalue weighted by atomic mass is 19.4. The molecule has 3 atom stereocenters. The van der Waals surface area contributed by atoms with Crippen LogP contribution in [-0.2, 0) is 4.74 Å². The zero-order valence-electron chi connectivity index (χ0n) is 10.5. The van der Waals surface area contributed by atoms with Crippen molar-refractivity contribution in [1.29, 1.82) is 0 Å². The minimum absolute atomic E-state index is 0.0231. The number of nitrogens with two attached hydrogens (primary N) is 1. The van der Waals surface area contributed by atoms with Gasteiger partial charge >= 0.3 is 6.18 Å². The molecule has 0 aromatic carbocycles. The molecule has 2 aliphatic rings. The molecule has 1 saturated carbocycles. The van der Waals surface area contributed by atoms with Crippen molar-refractivity contribution in [2.45, 2.75) is 44.0 Å². The summed E-state index contributed by atoms with van der Waals surface area (Å²) >= 11 is 0. The third-order valence-corrected chi connectivity index (χ3v) is 4.06. The van der Waals surface area contributed by atoms with E-state index in [0.29, 0.717) is 26.1 Å². The van der Waals surface area contributed by atoms with E-state index in [0.717, 1.165) is 13.0 Å². The number of hydrogen-bond acceptors (Lipinski definition) is 3. The average molecular weight is 266 g/mol. The first-order chi connectivity index (χ1) is 8.50. The molecular formula is C12H21F3N2O. The van der Waals surface area contributed by atoms with Gasteiger partial charge in [-0.25, -0.2) is 0 Å². The van der Waals surface area contributed by atoms with Crippen molar-refractivity contribution in [3.63, 3.8) is 0 Å². The quantitative estimate of drug-likeness (QED) is 0.828. The fraction of sp³-hybridized carbons (Fsp3) is 1.00. The molecule has 0 bridgehead atoms. The SMILES string of the molecule is NCC1CN(C2CCCC(C(F)(F)F)C2)CCO1. The lowest BCUT2D eigenvalue weighted by Crippen LogP contribution is -2.51. The highest BCUT2D eigenvalue weighted by Gasteiger charge is 2.43. The van der Waals surface area contributed by atoms with Gasteiger partial charge in [-0.05, 0) is 19.3 Å². The molecule has 0 spiro atoms. The number of alkyl halides is 3. The Hall–Kier alpha value is -0.330. The predicted octanol–water partition coefficient (Wildman–Crippen LogP) is 1.77. The van der Waals surface area contributed by atoms with Crippen molar-refractivity contribution in [2.24, 2.45) is 11.7 Å². The molecular weight excluding hydrogens is 245 g/mol. The van der Waals surface area contributed by atoms with Gasteiger partial charge in [0.2, 0.25) is 0 Å². The van der Waals surface area contributed by atoms with Crippen LogP contribution >= 0.6 is 0 Å². The third kappa shape index (κ3) is 3.36. The van der Waals surface area contributed by atoms with Gasteiger partial charge in [-0.2, -0.15) is 13.2 Å². The fourth-order valence-electron chi connectivity index (χ4n) is 3.01. The van der Waals surface area contributed by atoms with Gasteiger partial charge < -0.3 is 10.5 Å². The molecule has 106 valence electrons. The summed E-state index contributed by atoms with van der Waals surface area (Å²) in [6, 6.07) is 0.0447. The lowest BCUT2D eigenvalue weighted by atomic mass is 9.84. The van der Waals surface area contributed by atoms with Gasteiger partial charge in [0.05, 0.1) is 18.6 Å². The van der Waals surface area contributed by atoms with E-state index in [4.69, 9.17) is 10.5 Å². The van der Waals surface area contributed by atoms with Crippen LogP contribution in [0.3, 0.4) is 0 Å². The van der Waals surface area contributed by atoms with Crippen LogP contribution in [0.4, 0.5) is 13.2 Å². The highest BCUT2D eigenvalue weighted by Crippen LogP contribution is 2.39. The predicted molar refractivity (Wildman–Crippen MR) is 62.2 cm³/mol. The minimum Gasteiger partial charge on any atom is -0.374 e. The van der Waals surface area contributed by atoms with Gasteiger partial charge in [0.1, 0.15) is 0 Å². The molecule has 2 fully saturated rings. The van der Waals surface area contributed by atoms with E-state index in [1.165, 1.54) is 0 Å². The van der Waals surface area contributed by atoms with E-state index in [1.54, 1.807) is 0 Å². The van der Waals surface area contributed by atoms with Gasteiger partial charge in [-0.15, -0.1) is 0 Å². The topological polar surface area (TPSA) is 38.5 Å². The molecule has 2 rings (SSSR count). The van der Waals surface area contributed by atoms with E-state index in [-0.39, 0.29) is 25.0 Å². The lowest BCUT2D eigenvalue weighted by Gasteiger charge is -2.41. The summed E-state index contributed by atoms with van der Waals surface area (Å²) in [5.41, 5.74) is 5.56. The molecule has 6 heteroatoms. The second kappa shape index (κ2) is 5.75. The van der Waals surface area contributed by atoms with Crippen molar-refractivity contribution in [2.75, 3.05) is 26.2 Å². The first-order valence-electron chi connectivity index (χ1n) is 6.63. The van der Waals surface area contributed by atoms with E-state index in [9.17, 15) is 13.2 Å². The number of hydrogen-bond donors (Lipinski definition) is 1. The first-order valence-corrected chi connectivity index (χ1v) is 6.63. The highest BCUT2D eigenvalue weighted by molar-refractivity contribution is 4.86. The van der Waals surface area contributed by atoms with Crippen LogP contribution in [0.2, 0.25) is 0 Å². The maximum atomic E-state index is 12.8. The van der Waals surface area contributed by atoms with Crippen LogP contribution in [0.25, 0.3) is 0 Å². The maximum Gasteiger partial charge on any atom is 0.391 e. The van der Waals surface area contributed by atoms with Crippen LogP contribution in [0.5, 0.6) is 0 Å². The minimum atomic E-state index is -4.04. The van der Waals surface area contributed by atoms with Gasteiger partial charge in [-0.3, -0.25) is 4.90 Å². The summed E-state index contributed by atoms with van der Waals surface area (Å²) in [7, 11) is 0. The molecule has 2 N–H and O–H groups in total. The first kappa shape index (κ1) is 14.1. The Morgan fingerprint density at radius 2 is 2.06 bits per heavy atom. The Labute approximate surface area is 105 Å². The molecule has 0 aromatic heterocycles. The van der Waals surface area contributed by atoms with Gasteiger partial charge in [0.25, 0.3) is 0 Å². The average Bonchev–Trinajstić information content (AvgIpc) is 2.38. The van der Waals surface area contributed by atoms with Crippen LogP contribution < -0.4 is 5.73 Å². The van der Waals surface area contributed by atoms with E-state index in [1.807, 2.05) is 0 Å². The molecule has 0 radical (unpaired) electrons.